The lowest BCUT2D eigenvalue weighted by atomic mass is 9.90. The summed E-state index contributed by atoms with van der Waals surface area (Å²) in [5.41, 5.74) is 1.04. The zero-order valence-corrected chi connectivity index (χ0v) is 18.2. The molecule has 0 saturated heterocycles. The van der Waals surface area contributed by atoms with E-state index in [0.717, 1.165) is 23.5 Å². The molecule has 0 fully saturated rings. The molecule has 0 bridgehead atoms. The van der Waals surface area contributed by atoms with E-state index in [-0.39, 0.29) is 11.2 Å². The van der Waals surface area contributed by atoms with Crippen LogP contribution in [0, 0.1) is 5.41 Å². The van der Waals surface area contributed by atoms with Gasteiger partial charge in [-0.05, 0) is 36.5 Å². The van der Waals surface area contributed by atoms with Crippen LogP contribution in [-0.4, -0.2) is 51.4 Å². The predicted octanol–water partition coefficient (Wildman–Crippen LogP) is 3.31. The number of benzene rings is 1. The highest BCUT2D eigenvalue weighted by Crippen LogP contribution is 2.21. The predicted molar refractivity (Wildman–Crippen MR) is 110 cm³/mol. The summed E-state index contributed by atoms with van der Waals surface area (Å²) in [6, 6.07) is 8.23. The van der Waals surface area contributed by atoms with Gasteiger partial charge in [0.2, 0.25) is 0 Å². The van der Waals surface area contributed by atoms with Gasteiger partial charge in [-0.3, -0.25) is 4.99 Å². The molecule has 0 saturated carbocycles. The van der Waals surface area contributed by atoms with Gasteiger partial charge in [0.25, 0.3) is 0 Å². The van der Waals surface area contributed by atoms with E-state index in [4.69, 9.17) is 4.99 Å². The van der Waals surface area contributed by atoms with Gasteiger partial charge in [0.05, 0.1) is 5.75 Å². The standard InChI is InChI=1S/C18H30BrN3O2S/c1-6-20-17(21-14-18(2,3)11-12-25(5,23)24)22(4)13-15-7-9-16(19)10-8-15/h7-10H,6,11-14H2,1-5H3,(H,20,21). The first-order valence-electron chi connectivity index (χ1n) is 8.44. The lowest BCUT2D eigenvalue weighted by Gasteiger charge is -2.26. The van der Waals surface area contributed by atoms with E-state index in [1.807, 2.05) is 26.1 Å². The summed E-state index contributed by atoms with van der Waals surface area (Å²) in [5.74, 6) is 1.03. The van der Waals surface area contributed by atoms with Crippen LogP contribution in [0.5, 0.6) is 0 Å². The fourth-order valence-electron chi connectivity index (χ4n) is 2.24. The van der Waals surface area contributed by atoms with Crippen molar-refractivity contribution in [1.82, 2.24) is 10.2 Å². The second-order valence-electron chi connectivity index (χ2n) is 7.20. The maximum Gasteiger partial charge on any atom is 0.193 e. The molecule has 0 aliphatic heterocycles. The molecule has 5 nitrogen and oxygen atoms in total. The van der Waals surface area contributed by atoms with Crippen LogP contribution in [-0.2, 0) is 16.4 Å². The topological polar surface area (TPSA) is 61.8 Å². The number of hydrogen-bond acceptors (Lipinski definition) is 3. The van der Waals surface area contributed by atoms with Crippen molar-refractivity contribution in [3.8, 4) is 0 Å². The van der Waals surface area contributed by atoms with E-state index >= 15 is 0 Å². The van der Waals surface area contributed by atoms with Gasteiger partial charge in [-0.1, -0.05) is 41.9 Å². The van der Waals surface area contributed by atoms with Crippen LogP contribution in [0.2, 0.25) is 0 Å². The van der Waals surface area contributed by atoms with Crippen molar-refractivity contribution >= 4 is 31.7 Å². The number of nitrogens with one attached hydrogen (secondary N) is 1. The fraction of sp³-hybridized carbons (Fsp3) is 0.611. The van der Waals surface area contributed by atoms with Gasteiger partial charge in [0, 0.05) is 37.4 Å². The van der Waals surface area contributed by atoms with Crippen LogP contribution < -0.4 is 5.32 Å². The number of sulfone groups is 1. The third-order valence-corrected chi connectivity index (χ3v) is 5.31. The Morgan fingerprint density at radius 2 is 1.88 bits per heavy atom. The fourth-order valence-corrected chi connectivity index (χ4v) is 3.43. The summed E-state index contributed by atoms with van der Waals surface area (Å²) in [4.78, 5) is 6.81. The van der Waals surface area contributed by atoms with E-state index in [0.29, 0.717) is 13.0 Å². The molecule has 0 spiro atoms. The minimum atomic E-state index is -2.95. The molecule has 1 aromatic rings. The van der Waals surface area contributed by atoms with Gasteiger partial charge >= 0.3 is 0 Å². The van der Waals surface area contributed by atoms with Crippen molar-refractivity contribution in [1.29, 1.82) is 0 Å². The van der Waals surface area contributed by atoms with E-state index in [1.54, 1.807) is 0 Å². The average Bonchev–Trinajstić information content (AvgIpc) is 2.51. The summed E-state index contributed by atoms with van der Waals surface area (Å²) in [7, 11) is -0.938. The molecular weight excluding hydrogens is 402 g/mol. The maximum absolute atomic E-state index is 11.4. The zero-order chi connectivity index (χ0) is 19.1. The highest BCUT2D eigenvalue weighted by molar-refractivity contribution is 9.10. The molecule has 1 rings (SSSR count). The number of hydrogen-bond donors (Lipinski definition) is 1. The monoisotopic (exact) mass is 431 g/mol. The molecule has 0 atom stereocenters. The lowest BCUT2D eigenvalue weighted by Crippen LogP contribution is -2.39. The van der Waals surface area contributed by atoms with Crippen molar-refractivity contribution in [2.45, 2.75) is 33.7 Å². The summed E-state index contributed by atoms with van der Waals surface area (Å²) in [6.45, 7) is 8.27. The summed E-state index contributed by atoms with van der Waals surface area (Å²) >= 11 is 3.45. The Balaban J connectivity index is 2.75. The molecule has 1 aromatic carbocycles. The van der Waals surface area contributed by atoms with Gasteiger partial charge in [-0.15, -0.1) is 0 Å². The largest absolute Gasteiger partial charge is 0.357 e. The first kappa shape index (κ1) is 22.0. The number of halogens is 1. The van der Waals surface area contributed by atoms with E-state index in [2.05, 4.69) is 52.1 Å². The second-order valence-corrected chi connectivity index (χ2v) is 10.4. The smallest absolute Gasteiger partial charge is 0.193 e. The summed E-state index contributed by atoms with van der Waals surface area (Å²) in [6.07, 6.45) is 1.88. The van der Waals surface area contributed by atoms with E-state index < -0.39 is 9.84 Å². The van der Waals surface area contributed by atoms with Crippen LogP contribution in [0.15, 0.2) is 33.7 Å². The van der Waals surface area contributed by atoms with Gasteiger partial charge in [-0.25, -0.2) is 8.42 Å². The van der Waals surface area contributed by atoms with Crippen LogP contribution in [0.3, 0.4) is 0 Å². The molecular formula is C18H30BrN3O2S. The highest BCUT2D eigenvalue weighted by atomic mass is 79.9. The van der Waals surface area contributed by atoms with Gasteiger partial charge in [0.1, 0.15) is 9.84 Å². The third-order valence-electron chi connectivity index (χ3n) is 3.84. The number of rotatable bonds is 8. The van der Waals surface area contributed by atoms with Crippen molar-refractivity contribution in [3.63, 3.8) is 0 Å². The Morgan fingerprint density at radius 3 is 2.40 bits per heavy atom. The number of guanidine groups is 1. The van der Waals surface area contributed by atoms with Crippen LogP contribution >= 0.6 is 15.9 Å². The lowest BCUT2D eigenvalue weighted by molar-refractivity contribution is 0.361. The zero-order valence-electron chi connectivity index (χ0n) is 15.8. The molecule has 0 unspecified atom stereocenters. The highest BCUT2D eigenvalue weighted by Gasteiger charge is 2.20. The average molecular weight is 432 g/mol. The Hall–Kier alpha value is -1.08. The number of aliphatic imine (C=N–C) groups is 1. The first-order chi connectivity index (χ1) is 11.5. The van der Waals surface area contributed by atoms with Crippen molar-refractivity contribution in [3.05, 3.63) is 34.3 Å². The maximum atomic E-state index is 11.4. The van der Waals surface area contributed by atoms with Gasteiger partial charge in [-0.2, -0.15) is 0 Å². The normalized spacial score (nSPS) is 13.0. The minimum Gasteiger partial charge on any atom is -0.357 e. The molecule has 0 aromatic heterocycles. The Kier molecular flexibility index (Phi) is 8.41. The molecule has 142 valence electrons. The minimum absolute atomic E-state index is 0.164. The van der Waals surface area contributed by atoms with E-state index in [1.165, 1.54) is 11.8 Å². The van der Waals surface area contributed by atoms with Crippen LogP contribution in [0.1, 0.15) is 32.8 Å². The SMILES string of the molecule is CCNC(=NCC(C)(C)CCS(C)(=O)=O)N(C)Cc1ccc(Br)cc1. The molecule has 0 amide bonds. The second kappa shape index (κ2) is 9.57. The van der Waals surface area contributed by atoms with E-state index in [9.17, 15) is 8.42 Å². The Labute approximate surface area is 161 Å². The molecule has 25 heavy (non-hydrogen) atoms. The Morgan fingerprint density at radius 1 is 1.28 bits per heavy atom. The van der Waals surface area contributed by atoms with Crippen molar-refractivity contribution in [2.75, 3.05) is 32.1 Å². The summed E-state index contributed by atoms with van der Waals surface area (Å²) in [5, 5.41) is 3.31. The molecule has 0 aliphatic carbocycles. The Bertz CT molecular complexity index is 670. The third kappa shape index (κ3) is 9.26. The molecule has 1 N–H and O–H groups in total. The van der Waals surface area contributed by atoms with Crippen LogP contribution in [0.25, 0.3) is 0 Å². The first-order valence-corrected chi connectivity index (χ1v) is 11.3. The number of nitrogens with zero attached hydrogens (tertiary/aromatic N) is 2. The molecule has 0 aliphatic rings. The quantitative estimate of drug-likeness (QED) is 0.506. The van der Waals surface area contributed by atoms with Gasteiger partial charge < -0.3 is 10.2 Å². The van der Waals surface area contributed by atoms with Crippen LogP contribution in [0.4, 0.5) is 0 Å². The summed E-state index contributed by atoms with van der Waals surface area (Å²) < 4.78 is 23.9. The van der Waals surface area contributed by atoms with Crippen molar-refractivity contribution < 1.29 is 8.42 Å². The molecule has 0 radical (unpaired) electrons. The van der Waals surface area contributed by atoms with Crippen molar-refractivity contribution in [2.24, 2.45) is 10.4 Å². The molecule has 0 heterocycles. The molecule has 7 heteroatoms. The van der Waals surface area contributed by atoms with Gasteiger partial charge in [0.15, 0.2) is 5.96 Å².